The van der Waals surface area contributed by atoms with E-state index in [1.54, 1.807) is 13.8 Å². The van der Waals surface area contributed by atoms with Crippen molar-refractivity contribution in [2.45, 2.75) is 63.3 Å². The Labute approximate surface area is 175 Å². The average molecular weight is 442 g/mol. The number of hydrogen-bond acceptors (Lipinski definition) is 6. The third-order valence-corrected chi connectivity index (χ3v) is 5.88. The van der Waals surface area contributed by atoms with Gasteiger partial charge in [0.25, 0.3) is 5.91 Å². The number of amides is 1. The Balaban J connectivity index is 1.61. The molecule has 7 nitrogen and oxygen atoms in total. The molecule has 168 valence electrons. The first-order valence-corrected chi connectivity index (χ1v) is 10.0. The molecule has 2 heterocycles. The lowest BCUT2D eigenvalue weighted by molar-refractivity contribution is -0.154. The maximum atomic E-state index is 14.9. The van der Waals surface area contributed by atoms with Gasteiger partial charge in [-0.15, -0.1) is 0 Å². The number of rotatable bonds is 7. The van der Waals surface area contributed by atoms with Crippen LogP contribution in [-0.2, 0) is 11.2 Å². The summed E-state index contributed by atoms with van der Waals surface area (Å²) < 4.78 is 62.9. The first-order valence-electron chi connectivity index (χ1n) is 10.0. The lowest BCUT2D eigenvalue weighted by atomic mass is 9.77. The third kappa shape index (κ3) is 4.35. The normalized spacial score (nSPS) is 19.9. The molecule has 1 amide bonds. The van der Waals surface area contributed by atoms with Crippen molar-refractivity contribution in [3.8, 4) is 5.75 Å². The lowest BCUT2D eigenvalue weighted by Crippen LogP contribution is -2.46. The van der Waals surface area contributed by atoms with Crippen LogP contribution in [0, 0.1) is 12.8 Å². The number of aromatic nitrogens is 3. The van der Waals surface area contributed by atoms with Gasteiger partial charge in [0.1, 0.15) is 22.7 Å². The largest absolute Gasteiger partial charge is 0.484 e. The highest BCUT2D eigenvalue weighted by molar-refractivity contribution is 5.93. The number of alkyl halides is 4. The summed E-state index contributed by atoms with van der Waals surface area (Å²) in [6.45, 7) is 1.79. The molecular weight excluding hydrogens is 420 g/mol. The number of aryl methyl sites for hydroxylation is 1. The smallest absolute Gasteiger partial charge is 0.422 e. The number of hydrogen-bond donors (Lipinski definition) is 1. The molecule has 0 aromatic carbocycles. The van der Waals surface area contributed by atoms with Crippen LogP contribution in [0.2, 0.25) is 0 Å². The first kappa shape index (κ1) is 21.5. The number of carbonyl (C=O) groups is 1. The molecule has 2 aliphatic rings. The van der Waals surface area contributed by atoms with Gasteiger partial charge < -0.3 is 14.6 Å². The van der Waals surface area contributed by atoms with Crippen LogP contribution in [0.1, 0.15) is 66.8 Å². The zero-order chi connectivity index (χ0) is 22.4. The molecule has 1 N–H and O–H groups in total. The zero-order valence-corrected chi connectivity index (χ0v) is 17.1. The number of nitrogens with one attached hydrogen (secondary N) is 1. The van der Waals surface area contributed by atoms with Gasteiger partial charge in [0.15, 0.2) is 12.4 Å². The minimum Gasteiger partial charge on any atom is -0.484 e. The van der Waals surface area contributed by atoms with Gasteiger partial charge in [0, 0.05) is 24.8 Å². The van der Waals surface area contributed by atoms with E-state index in [1.165, 1.54) is 0 Å². The number of carbonyl (C=O) groups excluding carboxylic acids is 1. The van der Waals surface area contributed by atoms with Crippen molar-refractivity contribution < 1.29 is 31.6 Å². The number of pyridine rings is 1. The highest BCUT2D eigenvalue weighted by atomic mass is 19.4. The van der Waals surface area contributed by atoms with Crippen molar-refractivity contribution in [2.24, 2.45) is 5.92 Å². The van der Waals surface area contributed by atoms with E-state index in [1.807, 2.05) is 0 Å². The fraction of sp³-hybridized carbons (Fsp3) is 0.600. The van der Waals surface area contributed by atoms with Crippen LogP contribution in [0.4, 0.5) is 17.6 Å². The first-order chi connectivity index (χ1) is 14.5. The predicted octanol–water partition coefficient (Wildman–Crippen LogP) is 4.12. The molecule has 2 aromatic rings. The third-order valence-electron chi connectivity index (χ3n) is 5.88. The molecule has 0 radical (unpaired) electrons. The van der Waals surface area contributed by atoms with Crippen LogP contribution in [-0.4, -0.2) is 33.8 Å². The van der Waals surface area contributed by atoms with Crippen LogP contribution in [0.3, 0.4) is 0 Å². The van der Waals surface area contributed by atoms with Gasteiger partial charge in [0.2, 0.25) is 5.89 Å². The van der Waals surface area contributed by atoms with Crippen molar-refractivity contribution in [3.05, 3.63) is 35.2 Å². The van der Waals surface area contributed by atoms with E-state index in [9.17, 15) is 22.4 Å². The summed E-state index contributed by atoms with van der Waals surface area (Å²) in [5.41, 5.74) is -2.99. The van der Waals surface area contributed by atoms with E-state index in [-0.39, 0.29) is 35.8 Å². The summed E-state index contributed by atoms with van der Waals surface area (Å²) in [7, 11) is 0. The van der Waals surface area contributed by atoms with E-state index in [0.717, 1.165) is 25.1 Å². The second-order valence-electron chi connectivity index (χ2n) is 8.36. The number of ether oxygens (including phenoxy) is 1. The molecule has 0 unspecified atom stereocenters. The molecule has 2 aliphatic carbocycles. The molecule has 0 saturated heterocycles. The average Bonchev–Trinajstić information content (AvgIpc) is 3.45. The summed E-state index contributed by atoms with van der Waals surface area (Å²) in [6.07, 6.45) is -0.873. The predicted molar refractivity (Wildman–Crippen MR) is 99.0 cm³/mol. The summed E-state index contributed by atoms with van der Waals surface area (Å²) in [5, 5.41) is 6.74. The fourth-order valence-electron chi connectivity index (χ4n) is 3.74. The minimum absolute atomic E-state index is 0.0710. The van der Waals surface area contributed by atoms with Crippen molar-refractivity contribution in [1.82, 2.24) is 20.4 Å². The Kier molecular flexibility index (Phi) is 5.17. The van der Waals surface area contributed by atoms with Crippen LogP contribution in [0.25, 0.3) is 0 Å². The monoisotopic (exact) mass is 442 g/mol. The standard InChI is InChI=1S/C20H22F4N4O3/c1-11-26-17(28-31-11)18(2,12-4-5-12)27-16(29)14-8-15(30-10-20(22,23)24)13(9-25-14)19(21)6-3-7-19/h8-9,12H,3-7,10H2,1-2H3,(H,27,29)/t18-/m1/s1. The SMILES string of the molecule is Cc1nc([C@](C)(NC(=O)c2cc(OCC(F)(F)F)c(C3(F)CCC3)cn2)C2CC2)no1. The maximum absolute atomic E-state index is 14.9. The molecule has 1 atom stereocenters. The summed E-state index contributed by atoms with van der Waals surface area (Å²) in [4.78, 5) is 21.2. The lowest BCUT2D eigenvalue weighted by Gasteiger charge is -2.35. The van der Waals surface area contributed by atoms with E-state index < -0.39 is 29.9 Å². The number of halogens is 4. The van der Waals surface area contributed by atoms with Crippen LogP contribution >= 0.6 is 0 Å². The Hall–Kier alpha value is -2.72. The van der Waals surface area contributed by atoms with E-state index in [2.05, 4.69) is 20.4 Å². The molecule has 31 heavy (non-hydrogen) atoms. The summed E-state index contributed by atoms with van der Waals surface area (Å²) >= 11 is 0. The molecule has 2 aromatic heterocycles. The van der Waals surface area contributed by atoms with Gasteiger partial charge in [-0.1, -0.05) is 5.16 Å². The van der Waals surface area contributed by atoms with Gasteiger partial charge in [-0.2, -0.15) is 18.2 Å². The minimum atomic E-state index is -4.60. The van der Waals surface area contributed by atoms with E-state index in [0.29, 0.717) is 18.1 Å². The van der Waals surface area contributed by atoms with Gasteiger partial charge >= 0.3 is 6.18 Å². The Morgan fingerprint density at radius 1 is 1.35 bits per heavy atom. The van der Waals surface area contributed by atoms with Crippen molar-refractivity contribution in [3.63, 3.8) is 0 Å². The molecular formula is C20H22F4N4O3. The summed E-state index contributed by atoms with van der Waals surface area (Å²) in [6, 6.07) is 1.06. The molecule has 0 aliphatic heterocycles. The number of nitrogens with zero attached hydrogens (tertiary/aromatic N) is 3. The van der Waals surface area contributed by atoms with E-state index in [4.69, 9.17) is 9.26 Å². The van der Waals surface area contributed by atoms with Crippen LogP contribution in [0.15, 0.2) is 16.8 Å². The van der Waals surface area contributed by atoms with Gasteiger partial charge in [0.05, 0.1) is 0 Å². The Bertz CT molecular complexity index is 985. The van der Waals surface area contributed by atoms with Crippen molar-refractivity contribution >= 4 is 5.91 Å². The van der Waals surface area contributed by atoms with Crippen molar-refractivity contribution in [2.75, 3.05) is 6.61 Å². The Morgan fingerprint density at radius 3 is 2.58 bits per heavy atom. The molecule has 11 heteroatoms. The Morgan fingerprint density at radius 2 is 2.06 bits per heavy atom. The van der Waals surface area contributed by atoms with Gasteiger partial charge in [-0.3, -0.25) is 9.78 Å². The second kappa shape index (κ2) is 7.45. The molecule has 0 spiro atoms. The van der Waals surface area contributed by atoms with Crippen LogP contribution in [0.5, 0.6) is 5.75 Å². The molecule has 2 saturated carbocycles. The highest BCUT2D eigenvalue weighted by Gasteiger charge is 2.48. The van der Waals surface area contributed by atoms with E-state index >= 15 is 0 Å². The second-order valence-corrected chi connectivity index (χ2v) is 8.36. The van der Waals surface area contributed by atoms with Crippen LogP contribution < -0.4 is 10.1 Å². The highest BCUT2D eigenvalue weighted by Crippen LogP contribution is 2.48. The quantitative estimate of drug-likeness (QED) is 0.649. The maximum Gasteiger partial charge on any atom is 0.422 e. The molecule has 0 bridgehead atoms. The van der Waals surface area contributed by atoms with Crippen molar-refractivity contribution in [1.29, 1.82) is 0 Å². The fourth-order valence-corrected chi connectivity index (χ4v) is 3.74. The van der Waals surface area contributed by atoms with Gasteiger partial charge in [-0.25, -0.2) is 4.39 Å². The summed E-state index contributed by atoms with van der Waals surface area (Å²) in [5.74, 6) is -0.249. The van der Waals surface area contributed by atoms with Gasteiger partial charge in [-0.05, 0) is 44.9 Å². The molecule has 2 fully saturated rings. The zero-order valence-electron chi connectivity index (χ0n) is 17.1. The topological polar surface area (TPSA) is 90.1 Å². The molecule has 4 rings (SSSR count).